The molecule has 0 bridgehead atoms. The predicted octanol–water partition coefficient (Wildman–Crippen LogP) is 4.26. The molecule has 0 radical (unpaired) electrons. The van der Waals surface area contributed by atoms with Crippen LogP contribution in [0, 0.1) is 5.41 Å². The molecule has 0 aromatic heterocycles. The minimum Gasteiger partial charge on any atom is -0.103 e. The summed E-state index contributed by atoms with van der Waals surface area (Å²) in [6.07, 6.45) is 13.6. The summed E-state index contributed by atoms with van der Waals surface area (Å²) in [4.78, 5) is 0. The molecule has 0 aromatic rings. The molecule has 1 aliphatic carbocycles. The highest BCUT2D eigenvalue weighted by atomic mass is 14.2. The van der Waals surface area contributed by atoms with Gasteiger partial charge in [-0.15, -0.1) is 6.58 Å². The van der Waals surface area contributed by atoms with Crippen molar-refractivity contribution in [3.05, 3.63) is 36.5 Å². The third-order valence-electron chi connectivity index (χ3n) is 2.46. The van der Waals surface area contributed by atoms with Crippen molar-refractivity contribution >= 4 is 0 Å². The molecule has 0 N–H and O–H groups in total. The summed E-state index contributed by atoms with van der Waals surface area (Å²) in [6.45, 7) is 8.39. The number of rotatable bonds is 3. The van der Waals surface area contributed by atoms with E-state index in [9.17, 15) is 0 Å². The van der Waals surface area contributed by atoms with Crippen molar-refractivity contribution in [2.75, 3.05) is 0 Å². The van der Waals surface area contributed by atoms with Crippen LogP contribution in [0.2, 0.25) is 0 Å². The summed E-state index contributed by atoms with van der Waals surface area (Å²) in [5.74, 6) is 0. The van der Waals surface area contributed by atoms with E-state index in [1.165, 1.54) is 18.4 Å². The summed E-state index contributed by atoms with van der Waals surface area (Å²) in [5, 5.41) is 0. The average Bonchev–Trinajstić information content (AvgIpc) is 2.03. The Hall–Kier alpha value is -0.780. The molecule has 0 atom stereocenters. The Labute approximate surface area is 82.0 Å². The Bertz CT molecular complexity index is 228. The minimum atomic E-state index is 0.467. The van der Waals surface area contributed by atoms with Gasteiger partial charge in [0.2, 0.25) is 0 Å². The Kier molecular flexibility index (Phi) is 3.53. The van der Waals surface area contributed by atoms with Gasteiger partial charge in [-0.2, -0.15) is 0 Å². The van der Waals surface area contributed by atoms with Crippen molar-refractivity contribution in [1.82, 2.24) is 0 Å². The van der Waals surface area contributed by atoms with E-state index in [1.54, 1.807) is 0 Å². The highest BCUT2D eigenvalue weighted by Crippen LogP contribution is 2.34. The molecule has 1 aliphatic rings. The van der Waals surface area contributed by atoms with Gasteiger partial charge in [-0.25, -0.2) is 0 Å². The standard InChI is InChI=1S/C13H20/c1-4-5-6-8-12-9-7-10-13(2,3)11-12/h4,7-9H,1,5-6,10-11H2,2-3H3. The molecule has 0 fully saturated rings. The number of hydrogen-bond acceptors (Lipinski definition) is 0. The maximum atomic E-state index is 3.72. The van der Waals surface area contributed by atoms with E-state index in [2.05, 4.69) is 38.7 Å². The maximum absolute atomic E-state index is 3.72. The van der Waals surface area contributed by atoms with Crippen LogP contribution < -0.4 is 0 Å². The van der Waals surface area contributed by atoms with Crippen molar-refractivity contribution in [3.63, 3.8) is 0 Å². The summed E-state index contributed by atoms with van der Waals surface area (Å²) in [5.41, 5.74) is 1.97. The molecule has 0 amide bonds. The fraction of sp³-hybridized carbons (Fsp3) is 0.538. The molecular formula is C13H20. The lowest BCUT2D eigenvalue weighted by Crippen LogP contribution is -2.13. The SMILES string of the molecule is C=CCCC=C1C=CCC(C)(C)C1. The van der Waals surface area contributed by atoms with E-state index in [0.29, 0.717) is 5.41 Å². The van der Waals surface area contributed by atoms with Crippen LogP contribution in [0.1, 0.15) is 39.5 Å². The van der Waals surface area contributed by atoms with Crippen molar-refractivity contribution in [3.8, 4) is 0 Å². The minimum absolute atomic E-state index is 0.467. The van der Waals surface area contributed by atoms with Crippen LogP contribution in [-0.4, -0.2) is 0 Å². The highest BCUT2D eigenvalue weighted by molar-refractivity contribution is 5.24. The molecule has 0 saturated carbocycles. The molecule has 1 rings (SSSR count). The van der Waals surface area contributed by atoms with E-state index in [-0.39, 0.29) is 0 Å². The maximum Gasteiger partial charge on any atom is -0.0228 e. The Morgan fingerprint density at radius 2 is 2.23 bits per heavy atom. The molecule has 0 aromatic carbocycles. The zero-order valence-electron chi connectivity index (χ0n) is 8.84. The third kappa shape index (κ3) is 3.63. The second-order valence-electron chi connectivity index (χ2n) is 4.59. The first-order chi connectivity index (χ1) is 6.14. The Morgan fingerprint density at radius 3 is 2.85 bits per heavy atom. The molecule has 13 heavy (non-hydrogen) atoms. The fourth-order valence-corrected chi connectivity index (χ4v) is 1.74. The Balaban J connectivity index is 2.51. The zero-order valence-corrected chi connectivity index (χ0v) is 8.84. The van der Waals surface area contributed by atoms with Crippen LogP contribution in [0.4, 0.5) is 0 Å². The first-order valence-electron chi connectivity index (χ1n) is 5.10. The second kappa shape index (κ2) is 4.45. The van der Waals surface area contributed by atoms with Gasteiger partial charge >= 0.3 is 0 Å². The second-order valence-corrected chi connectivity index (χ2v) is 4.59. The summed E-state index contributed by atoms with van der Waals surface area (Å²) >= 11 is 0. The topological polar surface area (TPSA) is 0 Å². The van der Waals surface area contributed by atoms with Crippen LogP contribution in [0.5, 0.6) is 0 Å². The van der Waals surface area contributed by atoms with Gasteiger partial charge < -0.3 is 0 Å². The van der Waals surface area contributed by atoms with E-state index < -0.39 is 0 Å². The summed E-state index contributed by atoms with van der Waals surface area (Å²) < 4.78 is 0. The van der Waals surface area contributed by atoms with Gasteiger partial charge in [-0.1, -0.05) is 43.7 Å². The summed E-state index contributed by atoms with van der Waals surface area (Å²) in [7, 11) is 0. The lowest BCUT2D eigenvalue weighted by atomic mass is 9.78. The van der Waals surface area contributed by atoms with E-state index in [4.69, 9.17) is 0 Å². The lowest BCUT2D eigenvalue weighted by Gasteiger charge is -2.27. The summed E-state index contributed by atoms with van der Waals surface area (Å²) in [6, 6.07) is 0. The average molecular weight is 176 g/mol. The van der Waals surface area contributed by atoms with Crippen molar-refractivity contribution in [1.29, 1.82) is 0 Å². The highest BCUT2D eigenvalue weighted by Gasteiger charge is 2.19. The van der Waals surface area contributed by atoms with Crippen molar-refractivity contribution in [2.45, 2.75) is 39.5 Å². The van der Waals surface area contributed by atoms with Crippen LogP contribution in [0.3, 0.4) is 0 Å². The predicted molar refractivity (Wildman–Crippen MR) is 59.7 cm³/mol. The van der Waals surface area contributed by atoms with E-state index in [1.807, 2.05) is 6.08 Å². The molecule has 0 saturated heterocycles. The first kappa shape index (κ1) is 10.3. The molecule has 72 valence electrons. The van der Waals surface area contributed by atoms with Gasteiger partial charge in [-0.3, -0.25) is 0 Å². The number of allylic oxidation sites excluding steroid dienone is 5. The first-order valence-corrected chi connectivity index (χ1v) is 5.10. The lowest BCUT2D eigenvalue weighted by molar-refractivity contribution is 0.362. The van der Waals surface area contributed by atoms with Crippen molar-refractivity contribution in [2.24, 2.45) is 5.41 Å². The van der Waals surface area contributed by atoms with Crippen LogP contribution in [0.15, 0.2) is 36.5 Å². The van der Waals surface area contributed by atoms with Gasteiger partial charge in [-0.05, 0) is 31.1 Å². The van der Waals surface area contributed by atoms with E-state index in [0.717, 1.165) is 12.8 Å². The van der Waals surface area contributed by atoms with Gasteiger partial charge in [0.1, 0.15) is 0 Å². The fourth-order valence-electron chi connectivity index (χ4n) is 1.74. The van der Waals surface area contributed by atoms with Gasteiger partial charge in [0.05, 0.1) is 0 Å². The number of hydrogen-bond donors (Lipinski definition) is 0. The third-order valence-corrected chi connectivity index (χ3v) is 2.46. The smallest absolute Gasteiger partial charge is 0.0228 e. The normalized spacial score (nSPS) is 23.4. The van der Waals surface area contributed by atoms with Gasteiger partial charge in [0.25, 0.3) is 0 Å². The molecular weight excluding hydrogens is 156 g/mol. The van der Waals surface area contributed by atoms with Gasteiger partial charge in [0.15, 0.2) is 0 Å². The molecule has 0 heteroatoms. The molecule has 0 heterocycles. The zero-order chi connectivity index (χ0) is 9.73. The van der Waals surface area contributed by atoms with Crippen molar-refractivity contribution < 1.29 is 0 Å². The number of unbranched alkanes of at least 4 members (excludes halogenated alkanes) is 1. The van der Waals surface area contributed by atoms with Crippen LogP contribution in [0.25, 0.3) is 0 Å². The Morgan fingerprint density at radius 1 is 1.46 bits per heavy atom. The quantitative estimate of drug-likeness (QED) is 0.445. The van der Waals surface area contributed by atoms with E-state index >= 15 is 0 Å². The molecule has 0 nitrogen and oxygen atoms in total. The van der Waals surface area contributed by atoms with Gasteiger partial charge in [0, 0.05) is 0 Å². The monoisotopic (exact) mass is 176 g/mol. The van der Waals surface area contributed by atoms with Crippen LogP contribution >= 0.6 is 0 Å². The van der Waals surface area contributed by atoms with Crippen LogP contribution in [-0.2, 0) is 0 Å². The molecule has 0 unspecified atom stereocenters. The largest absolute Gasteiger partial charge is 0.103 e. The molecule has 0 spiro atoms. The molecule has 0 aliphatic heterocycles.